The summed E-state index contributed by atoms with van der Waals surface area (Å²) < 4.78 is 0. The third-order valence-electron chi connectivity index (χ3n) is 4.73. The summed E-state index contributed by atoms with van der Waals surface area (Å²) in [6.07, 6.45) is 5.61. The minimum atomic E-state index is -0.241. The molecule has 122 valence electrons. The predicted molar refractivity (Wildman–Crippen MR) is 93.1 cm³/mol. The minimum absolute atomic E-state index is 0.000779. The van der Waals surface area contributed by atoms with E-state index in [9.17, 15) is 4.79 Å². The standard InChI is InChI=1S/C19H25N3O/c1-4-5-17-19(6-8-20-9-7-19)21-18(23)22(17)13-16-11-14(2)10-15(3)12-16/h4-5,10-12,20H,1,6-9,13H2,2-3H3,(H,21,23)/b17-5+. The quantitative estimate of drug-likeness (QED) is 0.901. The largest absolute Gasteiger partial charge is 0.327 e. The number of piperidine rings is 1. The molecule has 2 saturated heterocycles. The molecule has 2 amide bonds. The van der Waals surface area contributed by atoms with Crippen molar-refractivity contribution in [1.82, 2.24) is 15.5 Å². The number of benzene rings is 1. The van der Waals surface area contributed by atoms with Gasteiger partial charge in [-0.05, 0) is 51.4 Å². The molecule has 1 aromatic carbocycles. The van der Waals surface area contributed by atoms with Crippen molar-refractivity contribution in [2.24, 2.45) is 0 Å². The number of carbonyl (C=O) groups excluding carboxylic acids is 1. The first-order valence-corrected chi connectivity index (χ1v) is 8.25. The molecule has 1 aromatic rings. The summed E-state index contributed by atoms with van der Waals surface area (Å²) in [7, 11) is 0. The van der Waals surface area contributed by atoms with Gasteiger partial charge in [0.05, 0.1) is 12.1 Å². The maximum Gasteiger partial charge on any atom is 0.322 e. The van der Waals surface area contributed by atoms with Crippen molar-refractivity contribution in [3.8, 4) is 0 Å². The monoisotopic (exact) mass is 311 g/mol. The molecular weight excluding hydrogens is 286 g/mol. The van der Waals surface area contributed by atoms with Crippen molar-refractivity contribution in [2.45, 2.75) is 38.8 Å². The van der Waals surface area contributed by atoms with Crippen LogP contribution in [0.15, 0.2) is 42.6 Å². The fourth-order valence-electron chi connectivity index (χ4n) is 3.80. The van der Waals surface area contributed by atoms with E-state index in [-0.39, 0.29) is 11.6 Å². The van der Waals surface area contributed by atoms with Crippen LogP contribution < -0.4 is 10.6 Å². The highest BCUT2D eigenvalue weighted by Gasteiger charge is 2.47. The first-order valence-electron chi connectivity index (χ1n) is 8.25. The van der Waals surface area contributed by atoms with Gasteiger partial charge in [-0.15, -0.1) is 0 Å². The van der Waals surface area contributed by atoms with E-state index in [2.05, 4.69) is 49.3 Å². The second-order valence-corrected chi connectivity index (χ2v) is 6.63. The van der Waals surface area contributed by atoms with Crippen molar-refractivity contribution in [2.75, 3.05) is 13.1 Å². The number of amides is 2. The zero-order valence-corrected chi connectivity index (χ0v) is 14.0. The maximum absolute atomic E-state index is 12.6. The average molecular weight is 311 g/mol. The Hall–Kier alpha value is -2.07. The Kier molecular flexibility index (Phi) is 4.26. The second kappa shape index (κ2) is 6.20. The van der Waals surface area contributed by atoms with E-state index in [1.54, 1.807) is 6.08 Å². The van der Waals surface area contributed by atoms with Gasteiger partial charge in [-0.25, -0.2) is 4.79 Å². The molecule has 0 atom stereocenters. The van der Waals surface area contributed by atoms with Crippen LogP contribution in [0.25, 0.3) is 0 Å². The lowest BCUT2D eigenvalue weighted by molar-refractivity contribution is 0.220. The Morgan fingerprint density at radius 3 is 2.48 bits per heavy atom. The molecule has 1 spiro atoms. The number of allylic oxidation sites excluding steroid dienone is 2. The SMILES string of the molecule is C=C/C=C1/N(Cc2cc(C)cc(C)c2)C(=O)NC12CCNCC2. The summed E-state index contributed by atoms with van der Waals surface area (Å²) in [6.45, 7) is 10.5. The third-order valence-corrected chi connectivity index (χ3v) is 4.73. The number of hydrogen-bond donors (Lipinski definition) is 2. The van der Waals surface area contributed by atoms with Crippen LogP contribution in [-0.4, -0.2) is 29.6 Å². The number of hydrogen-bond acceptors (Lipinski definition) is 2. The Balaban J connectivity index is 1.92. The van der Waals surface area contributed by atoms with E-state index in [1.165, 1.54) is 16.7 Å². The summed E-state index contributed by atoms with van der Waals surface area (Å²) in [5.74, 6) is 0. The predicted octanol–water partition coefficient (Wildman–Crippen LogP) is 3.02. The number of nitrogens with one attached hydrogen (secondary N) is 2. The summed E-state index contributed by atoms with van der Waals surface area (Å²) in [6, 6.07) is 6.46. The van der Waals surface area contributed by atoms with Crippen LogP contribution in [0.5, 0.6) is 0 Å². The topological polar surface area (TPSA) is 44.4 Å². The highest BCUT2D eigenvalue weighted by Crippen LogP contribution is 2.36. The third kappa shape index (κ3) is 3.04. The van der Waals surface area contributed by atoms with Crippen molar-refractivity contribution in [1.29, 1.82) is 0 Å². The maximum atomic E-state index is 12.6. The highest BCUT2D eigenvalue weighted by molar-refractivity contribution is 5.82. The van der Waals surface area contributed by atoms with E-state index in [0.717, 1.165) is 31.6 Å². The van der Waals surface area contributed by atoms with Crippen LogP contribution in [0.2, 0.25) is 0 Å². The van der Waals surface area contributed by atoms with Gasteiger partial charge in [-0.1, -0.05) is 42.0 Å². The molecule has 2 heterocycles. The molecule has 2 fully saturated rings. The Labute approximate surface area is 138 Å². The van der Waals surface area contributed by atoms with Crippen LogP contribution in [-0.2, 0) is 6.54 Å². The molecule has 0 aromatic heterocycles. The zero-order chi connectivity index (χ0) is 16.4. The number of rotatable bonds is 3. The number of urea groups is 1. The lowest BCUT2D eigenvalue weighted by Gasteiger charge is -2.35. The van der Waals surface area contributed by atoms with Gasteiger partial charge in [0.25, 0.3) is 0 Å². The number of nitrogens with zero attached hydrogens (tertiary/aromatic N) is 1. The van der Waals surface area contributed by atoms with Crippen LogP contribution >= 0.6 is 0 Å². The molecule has 0 bridgehead atoms. The molecule has 2 aliphatic rings. The molecule has 0 unspecified atom stereocenters. The molecule has 2 N–H and O–H groups in total. The van der Waals surface area contributed by atoms with Gasteiger partial charge < -0.3 is 10.6 Å². The summed E-state index contributed by atoms with van der Waals surface area (Å²) >= 11 is 0. The van der Waals surface area contributed by atoms with E-state index in [0.29, 0.717) is 6.54 Å². The van der Waals surface area contributed by atoms with E-state index in [4.69, 9.17) is 0 Å². The normalized spacial score (nSPS) is 21.7. The smallest absolute Gasteiger partial charge is 0.322 e. The van der Waals surface area contributed by atoms with Crippen molar-refractivity contribution < 1.29 is 4.79 Å². The molecule has 4 heteroatoms. The van der Waals surface area contributed by atoms with Gasteiger partial charge in [-0.3, -0.25) is 4.90 Å². The average Bonchev–Trinajstić information content (AvgIpc) is 2.72. The van der Waals surface area contributed by atoms with Crippen molar-refractivity contribution in [3.63, 3.8) is 0 Å². The zero-order valence-electron chi connectivity index (χ0n) is 14.0. The van der Waals surface area contributed by atoms with Gasteiger partial charge in [-0.2, -0.15) is 0 Å². The van der Waals surface area contributed by atoms with Gasteiger partial charge >= 0.3 is 6.03 Å². The van der Waals surface area contributed by atoms with Crippen molar-refractivity contribution in [3.05, 3.63) is 59.3 Å². The Morgan fingerprint density at radius 1 is 1.22 bits per heavy atom. The molecule has 0 saturated carbocycles. The van der Waals surface area contributed by atoms with Gasteiger partial charge in [0, 0.05) is 5.70 Å². The fraction of sp³-hybridized carbons (Fsp3) is 0.421. The van der Waals surface area contributed by atoms with E-state index < -0.39 is 0 Å². The summed E-state index contributed by atoms with van der Waals surface area (Å²) in [4.78, 5) is 14.5. The minimum Gasteiger partial charge on any atom is -0.327 e. The molecule has 3 rings (SSSR count). The van der Waals surface area contributed by atoms with E-state index in [1.807, 2.05) is 11.0 Å². The molecule has 4 nitrogen and oxygen atoms in total. The Bertz CT molecular complexity index is 636. The highest BCUT2D eigenvalue weighted by atomic mass is 16.2. The summed E-state index contributed by atoms with van der Waals surface area (Å²) in [5.41, 5.74) is 4.43. The molecule has 0 aliphatic carbocycles. The van der Waals surface area contributed by atoms with E-state index >= 15 is 0 Å². The fourth-order valence-corrected chi connectivity index (χ4v) is 3.80. The lowest BCUT2D eigenvalue weighted by Crippen LogP contribution is -2.50. The van der Waals surface area contributed by atoms with Gasteiger partial charge in [0.15, 0.2) is 0 Å². The van der Waals surface area contributed by atoms with Gasteiger partial charge in [0.1, 0.15) is 0 Å². The molecule has 0 radical (unpaired) electrons. The van der Waals surface area contributed by atoms with Crippen LogP contribution in [0.4, 0.5) is 4.79 Å². The molecular formula is C19H25N3O. The first kappa shape index (κ1) is 15.8. The Morgan fingerprint density at radius 2 is 1.87 bits per heavy atom. The first-order chi connectivity index (χ1) is 11.0. The van der Waals surface area contributed by atoms with Gasteiger partial charge in [0.2, 0.25) is 0 Å². The summed E-state index contributed by atoms with van der Waals surface area (Å²) in [5, 5.41) is 6.60. The lowest BCUT2D eigenvalue weighted by atomic mass is 9.85. The molecule has 2 aliphatic heterocycles. The van der Waals surface area contributed by atoms with Crippen LogP contribution in [0.3, 0.4) is 0 Å². The second-order valence-electron chi connectivity index (χ2n) is 6.63. The number of carbonyl (C=O) groups is 1. The van der Waals surface area contributed by atoms with Crippen molar-refractivity contribution >= 4 is 6.03 Å². The molecule has 23 heavy (non-hydrogen) atoms. The van der Waals surface area contributed by atoms with Crippen LogP contribution in [0, 0.1) is 13.8 Å². The number of aryl methyl sites for hydroxylation is 2. The van der Waals surface area contributed by atoms with Crippen LogP contribution in [0.1, 0.15) is 29.5 Å².